The monoisotopic (exact) mass is 234 g/mol. The molecular formula is C11H10N2O2S. The van der Waals surface area contributed by atoms with E-state index in [-0.39, 0.29) is 17.6 Å². The largest absolute Gasteiger partial charge is 0.497 e. The quantitative estimate of drug-likeness (QED) is 0.850. The van der Waals surface area contributed by atoms with Crippen molar-refractivity contribution in [1.29, 1.82) is 5.26 Å². The lowest BCUT2D eigenvalue weighted by Crippen LogP contribution is -2.28. The van der Waals surface area contributed by atoms with E-state index >= 15 is 0 Å². The second-order valence-corrected chi connectivity index (χ2v) is 4.56. The van der Waals surface area contributed by atoms with Crippen molar-refractivity contribution in [2.24, 2.45) is 0 Å². The van der Waals surface area contributed by atoms with E-state index in [1.165, 1.54) is 11.8 Å². The molecule has 5 heteroatoms. The fourth-order valence-electron chi connectivity index (χ4n) is 1.47. The molecule has 0 fully saturated rings. The molecule has 1 amide bonds. The topological polar surface area (TPSA) is 62.1 Å². The number of nitrogens with one attached hydrogen (secondary N) is 1. The van der Waals surface area contributed by atoms with Gasteiger partial charge >= 0.3 is 0 Å². The Morgan fingerprint density at radius 3 is 3.12 bits per heavy atom. The fourth-order valence-corrected chi connectivity index (χ4v) is 2.49. The van der Waals surface area contributed by atoms with Gasteiger partial charge in [0, 0.05) is 11.0 Å². The molecule has 0 saturated carbocycles. The number of methoxy groups -OCH3 is 1. The maximum atomic E-state index is 11.6. The summed E-state index contributed by atoms with van der Waals surface area (Å²) < 4.78 is 5.08. The first-order valence-electron chi connectivity index (χ1n) is 4.77. The minimum Gasteiger partial charge on any atom is -0.497 e. The van der Waals surface area contributed by atoms with E-state index in [4.69, 9.17) is 10.00 Å². The third-order valence-electron chi connectivity index (χ3n) is 2.28. The fraction of sp³-hybridized carbons (Fsp3) is 0.273. The van der Waals surface area contributed by atoms with Crippen molar-refractivity contribution in [2.75, 3.05) is 12.4 Å². The van der Waals surface area contributed by atoms with Crippen molar-refractivity contribution in [3.63, 3.8) is 0 Å². The molecule has 1 aromatic rings. The van der Waals surface area contributed by atoms with Gasteiger partial charge in [-0.3, -0.25) is 4.79 Å². The number of fused-ring (bicyclic) bond motifs is 1. The van der Waals surface area contributed by atoms with E-state index in [1.54, 1.807) is 13.2 Å². The van der Waals surface area contributed by atoms with Crippen LogP contribution in [0.3, 0.4) is 0 Å². The standard InChI is InChI=1S/C11H10N2O2S/c1-15-7-2-3-9-8(6-7)13-11(14)10(16-9)4-5-12/h2-3,6,10H,4H2,1H3,(H,13,14). The van der Waals surface area contributed by atoms with E-state index in [2.05, 4.69) is 5.32 Å². The van der Waals surface area contributed by atoms with Crippen molar-refractivity contribution in [1.82, 2.24) is 0 Å². The predicted molar refractivity (Wildman–Crippen MR) is 61.5 cm³/mol. The summed E-state index contributed by atoms with van der Waals surface area (Å²) in [6, 6.07) is 7.53. The van der Waals surface area contributed by atoms with Crippen molar-refractivity contribution in [3.05, 3.63) is 18.2 Å². The number of carbonyl (C=O) groups excluding carboxylic acids is 1. The Balaban J connectivity index is 2.28. The van der Waals surface area contributed by atoms with Gasteiger partial charge in [0.1, 0.15) is 11.0 Å². The van der Waals surface area contributed by atoms with Crippen LogP contribution in [0.5, 0.6) is 5.75 Å². The van der Waals surface area contributed by atoms with Crippen molar-refractivity contribution < 1.29 is 9.53 Å². The Kier molecular flexibility index (Phi) is 3.02. The zero-order valence-electron chi connectivity index (χ0n) is 8.69. The molecule has 2 rings (SSSR count). The number of carbonyl (C=O) groups is 1. The maximum Gasteiger partial charge on any atom is 0.238 e. The normalized spacial score (nSPS) is 18.2. The average Bonchev–Trinajstić information content (AvgIpc) is 2.30. The number of rotatable bonds is 2. The van der Waals surface area contributed by atoms with Crippen LogP contribution in [-0.4, -0.2) is 18.3 Å². The molecule has 1 N–H and O–H groups in total. The number of thioether (sulfide) groups is 1. The molecule has 4 nitrogen and oxygen atoms in total. The van der Waals surface area contributed by atoms with Gasteiger partial charge < -0.3 is 10.1 Å². The van der Waals surface area contributed by atoms with Gasteiger partial charge in [-0.1, -0.05) is 0 Å². The summed E-state index contributed by atoms with van der Waals surface area (Å²) >= 11 is 1.42. The number of hydrogen-bond acceptors (Lipinski definition) is 4. The van der Waals surface area contributed by atoms with Gasteiger partial charge in [0.2, 0.25) is 5.91 Å². The molecule has 0 aliphatic carbocycles. The lowest BCUT2D eigenvalue weighted by molar-refractivity contribution is -0.115. The Morgan fingerprint density at radius 1 is 1.62 bits per heavy atom. The third kappa shape index (κ3) is 1.97. The lowest BCUT2D eigenvalue weighted by atomic mass is 10.2. The number of nitrogens with zero attached hydrogens (tertiary/aromatic N) is 1. The zero-order chi connectivity index (χ0) is 11.5. The van der Waals surface area contributed by atoms with Crippen LogP contribution in [0.25, 0.3) is 0 Å². The summed E-state index contributed by atoms with van der Waals surface area (Å²) in [6.07, 6.45) is 0.224. The first kappa shape index (κ1) is 10.8. The molecule has 0 saturated heterocycles. The van der Waals surface area contributed by atoms with Crippen LogP contribution in [0.15, 0.2) is 23.1 Å². The second kappa shape index (κ2) is 4.45. The first-order valence-corrected chi connectivity index (χ1v) is 5.65. The van der Waals surface area contributed by atoms with Gasteiger partial charge in [-0.2, -0.15) is 5.26 Å². The van der Waals surface area contributed by atoms with Crippen molar-refractivity contribution in [2.45, 2.75) is 16.6 Å². The Bertz CT molecular complexity index is 468. The van der Waals surface area contributed by atoms with E-state index in [0.717, 1.165) is 10.6 Å². The Morgan fingerprint density at radius 2 is 2.44 bits per heavy atom. The number of ether oxygens (including phenoxy) is 1. The van der Waals surface area contributed by atoms with Crippen LogP contribution in [0.2, 0.25) is 0 Å². The summed E-state index contributed by atoms with van der Waals surface area (Å²) in [4.78, 5) is 12.6. The van der Waals surface area contributed by atoms with Gasteiger partial charge in [0.25, 0.3) is 0 Å². The Hall–Kier alpha value is -1.67. The van der Waals surface area contributed by atoms with Crippen LogP contribution in [-0.2, 0) is 4.79 Å². The van der Waals surface area contributed by atoms with Gasteiger partial charge in [0.05, 0.1) is 25.3 Å². The minimum absolute atomic E-state index is 0.118. The molecule has 0 radical (unpaired) electrons. The number of amides is 1. The molecule has 1 aromatic carbocycles. The van der Waals surface area contributed by atoms with Gasteiger partial charge in [-0.15, -0.1) is 11.8 Å². The van der Waals surface area contributed by atoms with E-state index < -0.39 is 0 Å². The highest BCUT2D eigenvalue weighted by Crippen LogP contribution is 2.38. The van der Waals surface area contributed by atoms with E-state index in [9.17, 15) is 4.79 Å². The second-order valence-electron chi connectivity index (χ2n) is 3.32. The van der Waals surface area contributed by atoms with Crippen LogP contribution in [0.4, 0.5) is 5.69 Å². The van der Waals surface area contributed by atoms with Gasteiger partial charge in [0.15, 0.2) is 0 Å². The molecule has 1 aliphatic heterocycles. The smallest absolute Gasteiger partial charge is 0.238 e. The molecule has 1 unspecified atom stereocenters. The maximum absolute atomic E-state index is 11.6. The number of hydrogen-bond donors (Lipinski definition) is 1. The average molecular weight is 234 g/mol. The summed E-state index contributed by atoms with van der Waals surface area (Å²) in [5, 5.41) is 11.1. The molecule has 1 aliphatic rings. The molecule has 1 heterocycles. The van der Waals surface area contributed by atoms with Crippen LogP contribution < -0.4 is 10.1 Å². The molecule has 0 bridgehead atoms. The zero-order valence-corrected chi connectivity index (χ0v) is 9.50. The number of benzene rings is 1. The minimum atomic E-state index is -0.314. The lowest BCUT2D eigenvalue weighted by Gasteiger charge is -2.22. The summed E-state index contributed by atoms with van der Waals surface area (Å²) in [6.45, 7) is 0. The highest BCUT2D eigenvalue weighted by molar-refractivity contribution is 8.01. The summed E-state index contributed by atoms with van der Waals surface area (Å²) in [5.41, 5.74) is 0.753. The van der Waals surface area contributed by atoms with E-state index in [0.29, 0.717) is 5.75 Å². The number of anilines is 1. The highest BCUT2D eigenvalue weighted by Gasteiger charge is 2.26. The highest BCUT2D eigenvalue weighted by atomic mass is 32.2. The Labute approximate surface area is 97.6 Å². The predicted octanol–water partition coefficient (Wildman–Crippen LogP) is 2.02. The van der Waals surface area contributed by atoms with Crippen molar-refractivity contribution >= 4 is 23.4 Å². The van der Waals surface area contributed by atoms with E-state index in [1.807, 2.05) is 18.2 Å². The molecular weight excluding hydrogens is 224 g/mol. The summed E-state index contributed by atoms with van der Waals surface area (Å²) in [7, 11) is 1.58. The van der Waals surface area contributed by atoms with Gasteiger partial charge in [-0.05, 0) is 12.1 Å². The van der Waals surface area contributed by atoms with Gasteiger partial charge in [-0.25, -0.2) is 0 Å². The van der Waals surface area contributed by atoms with Crippen molar-refractivity contribution in [3.8, 4) is 11.8 Å². The first-order chi connectivity index (χ1) is 7.74. The number of nitriles is 1. The molecule has 0 aromatic heterocycles. The molecule has 0 spiro atoms. The molecule has 1 atom stereocenters. The SMILES string of the molecule is COc1ccc2c(c1)NC(=O)C(CC#N)S2. The molecule has 16 heavy (non-hydrogen) atoms. The third-order valence-corrected chi connectivity index (χ3v) is 3.56. The van der Waals surface area contributed by atoms with Crippen LogP contribution in [0.1, 0.15) is 6.42 Å². The molecule has 82 valence electrons. The van der Waals surface area contributed by atoms with Crippen LogP contribution >= 0.6 is 11.8 Å². The van der Waals surface area contributed by atoms with Crippen LogP contribution in [0, 0.1) is 11.3 Å². The summed E-state index contributed by atoms with van der Waals surface area (Å²) in [5.74, 6) is 0.589.